The SMILES string of the molecule is CN(CC(O)c1ccc(Br)cc1)C(O)OC(C)(C)C. The van der Waals surface area contributed by atoms with Crippen molar-refractivity contribution in [3.05, 3.63) is 34.3 Å². The van der Waals surface area contributed by atoms with Crippen LogP contribution in [-0.2, 0) is 4.74 Å². The van der Waals surface area contributed by atoms with E-state index in [0.717, 1.165) is 10.0 Å². The van der Waals surface area contributed by atoms with Crippen LogP contribution in [0.5, 0.6) is 0 Å². The second-order valence-corrected chi connectivity index (χ2v) is 6.48. The summed E-state index contributed by atoms with van der Waals surface area (Å²) in [4.78, 5) is 1.57. The molecule has 0 heterocycles. The summed E-state index contributed by atoms with van der Waals surface area (Å²) in [7, 11) is 1.71. The Bertz CT molecular complexity index is 389. The molecule has 0 saturated carbocycles. The quantitative estimate of drug-likeness (QED) is 0.814. The molecule has 0 fully saturated rings. The summed E-state index contributed by atoms with van der Waals surface area (Å²) in [5.41, 5.74) is 0.369. The first-order valence-corrected chi connectivity index (χ1v) is 6.98. The molecule has 1 rings (SSSR count). The van der Waals surface area contributed by atoms with Gasteiger partial charge in [0.25, 0.3) is 0 Å². The van der Waals surface area contributed by atoms with E-state index in [0.29, 0.717) is 6.54 Å². The molecule has 4 nitrogen and oxygen atoms in total. The molecule has 0 saturated heterocycles. The molecule has 0 aliphatic heterocycles. The molecule has 0 aromatic heterocycles. The summed E-state index contributed by atoms with van der Waals surface area (Å²) in [5, 5.41) is 20.0. The second kappa shape index (κ2) is 6.81. The Morgan fingerprint density at radius 3 is 2.21 bits per heavy atom. The molecule has 0 spiro atoms. The number of rotatable bonds is 5. The first kappa shape index (κ1) is 16.6. The van der Waals surface area contributed by atoms with Crippen LogP contribution in [0, 0.1) is 0 Å². The first-order chi connectivity index (χ1) is 8.69. The Morgan fingerprint density at radius 2 is 1.74 bits per heavy atom. The van der Waals surface area contributed by atoms with E-state index in [1.54, 1.807) is 11.9 Å². The highest BCUT2D eigenvalue weighted by Gasteiger charge is 2.22. The number of aliphatic hydroxyl groups is 2. The molecular weight excluding hydrogens is 310 g/mol. The van der Waals surface area contributed by atoms with Gasteiger partial charge in [-0.1, -0.05) is 28.1 Å². The van der Waals surface area contributed by atoms with Crippen molar-refractivity contribution in [3.63, 3.8) is 0 Å². The maximum Gasteiger partial charge on any atom is 0.216 e. The van der Waals surface area contributed by atoms with Gasteiger partial charge < -0.3 is 14.9 Å². The topological polar surface area (TPSA) is 52.9 Å². The maximum atomic E-state index is 10.1. The molecule has 0 amide bonds. The molecule has 2 unspecified atom stereocenters. The predicted molar refractivity (Wildman–Crippen MR) is 78.6 cm³/mol. The zero-order valence-electron chi connectivity index (χ0n) is 11.8. The van der Waals surface area contributed by atoms with Crippen LogP contribution in [0.4, 0.5) is 0 Å². The number of hydrogen-bond donors (Lipinski definition) is 2. The minimum atomic E-state index is -1.04. The Hall–Kier alpha value is -0.460. The lowest BCUT2D eigenvalue weighted by molar-refractivity contribution is -0.236. The molecular formula is C14H22BrNO3. The lowest BCUT2D eigenvalue weighted by Crippen LogP contribution is -2.41. The minimum absolute atomic E-state index is 0.291. The van der Waals surface area contributed by atoms with Crippen LogP contribution in [0.3, 0.4) is 0 Å². The lowest BCUT2D eigenvalue weighted by atomic mass is 10.1. The van der Waals surface area contributed by atoms with E-state index >= 15 is 0 Å². The van der Waals surface area contributed by atoms with Gasteiger partial charge in [0.05, 0.1) is 11.7 Å². The van der Waals surface area contributed by atoms with E-state index in [1.165, 1.54) is 0 Å². The van der Waals surface area contributed by atoms with Gasteiger partial charge in [0, 0.05) is 11.0 Å². The Balaban J connectivity index is 2.56. The van der Waals surface area contributed by atoms with Crippen molar-refractivity contribution in [1.29, 1.82) is 0 Å². The van der Waals surface area contributed by atoms with Crippen LogP contribution in [-0.4, -0.2) is 40.7 Å². The van der Waals surface area contributed by atoms with E-state index in [2.05, 4.69) is 15.9 Å². The van der Waals surface area contributed by atoms with Crippen molar-refractivity contribution >= 4 is 15.9 Å². The summed E-state index contributed by atoms with van der Waals surface area (Å²) in [6.07, 6.45) is -1.71. The third-order valence-corrected chi connectivity index (χ3v) is 3.08. The summed E-state index contributed by atoms with van der Waals surface area (Å²) in [5.74, 6) is 0. The van der Waals surface area contributed by atoms with Gasteiger partial charge in [0.1, 0.15) is 0 Å². The van der Waals surface area contributed by atoms with Gasteiger partial charge >= 0.3 is 0 Å². The molecule has 1 aromatic carbocycles. The lowest BCUT2D eigenvalue weighted by Gasteiger charge is -2.31. The van der Waals surface area contributed by atoms with Gasteiger partial charge in [0.15, 0.2) is 0 Å². The highest BCUT2D eigenvalue weighted by molar-refractivity contribution is 9.10. The van der Waals surface area contributed by atoms with Crippen LogP contribution in [0.1, 0.15) is 32.4 Å². The number of ether oxygens (including phenoxy) is 1. The molecule has 5 heteroatoms. The fourth-order valence-corrected chi connectivity index (χ4v) is 1.82. The third kappa shape index (κ3) is 6.01. The molecule has 2 N–H and O–H groups in total. The molecule has 2 atom stereocenters. The molecule has 0 bridgehead atoms. The second-order valence-electron chi connectivity index (χ2n) is 5.56. The summed E-state index contributed by atoms with van der Waals surface area (Å²) >= 11 is 3.35. The highest BCUT2D eigenvalue weighted by Crippen LogP contribution is 2.19. The standard InChI is InChI=1S/C14H22BrNO3/c1-14(2,3)19-13(18)16(4)9-12(17)10-5-7-11(15)8-6-10/h5-8,12-13,17-18H,9H2,1-4H3. The average Bonchev–Trinajstić information content (AvgIpc) is 2.27. The van der Waals surface area contributed by atoms with E-state index in [4.69, 9.17) is 4.74 Å². The van der Waals surface area contributed by atoms with Gasteiger partial charge in [0.2, 0.25) is 6.41 Å². The minimum Gasteiger partial charge on any atom is -0.387 e. The highest BCUT2D eigenvalue weighted by atomic mass is 79.9. The van der Waals surface area contributed by atoms with E-state index in [9.17, 15) is 10.2 Å². The largest absolute Gasteiger partial charge is 0.387 e. The van der Waals surface area contributed by atoms with Crippen molar-refractivity contribution in [2.24, 2.45) is 0 Å². The van der Waals surface area contributed by atoms with E-state index in [-0.39, 0.29) is 0 Å². The van der Waals surface area contributed by atoms with Crippen molar-refractivity contribution in [2.75, 3.05) is 13.6 Å². The number of nitrogens with zero attached hydrogens (tertiary/aromatic N) is 1. The molecule has 19 heavy (non-hydrogen) atoms. The predicted octanol–water partition coefficient (Wildman–Crippen LogP) is 2.51. The van der Waals surface area contributed by atoms with Crippen LogP contribution < -0.4 is 0 Å². The van der Waals surface area contributed by atoms with Crippen molar-refractivity contribution in [1.82, 2.24) is 4.90 Å². The zero-order valence-corrected chi connectivity index (χ0v) is 13.4. The van der Waals surface area contributed by atoms with Gasteiger partial charge in [-0.05, 0) is 45.5 Å². The van der Waals surface area contributed by atoms with Crippen LogP contribution >= 0.6 is 15.9 Å². The summed E-state index contributed by atoms with van der Waals surface area (Å²) in [6.45, 7) is 5.90. The molecule has 108 valence electrons. The smallest absolute Gasteiger partial charge is 0.216 e. The van der Waals surface area contributed by atoms with Gasteiger partial charge in [-0.3, -0.25) is 4.90 Å². The zero-order chi connectivity index (χ0) is 14.6. The average molecular weight is 332 g/mol. The maximum absolute atomic E-state index is 10.1. The Kier molecular flexibility index (Phi) is 5.95. The van der Waals surface area contributed by atoms with Gasteiger partial charge in [-0.2, -0.15) is 0 Å². The monoisotopic (exact) mass is 331 g/mol. The van der Waals surface area contributed by atoms with Crippen LogP contribution in [0.2, 0.25) is 0 Å². The van der Waals surface area contributed by atoms with E-state index in [1.807, 2.05) is 45.0 Å². The van der Waals surface area contributed by atoms with Crippen LogP contribution in [0.25, 0.3) is 0 Å². The van der Waals surface area contributed by atoms with Gasteiger partial charge in [-0.25, -0.2) is 0 Å². The molecule has 0 radical (unpaired) electrons. The Morgan fingerprint density at radius 1 is 1.21 bits per heavy atom. The van der Waals surface area contributed by atoms with Gasteiger partial charge in [-0.15, -0.1) is 0 Å². The number of benzene rings is 1. The number of hydrogen-bond acceptors (Lipinski definition) is 4. The van der Waals surface area contributed by atoms with Crippen molar-refractivity contribution in [3.8, 4) is 0 Å². The first-order valence-electron chi connectivity index (χ1n) is 6.19. The van der Waals surface area contributed by atoms with Crippen molar-refractivity contribution in [2.45, 2.75) is 38.9 Å². The summed E-state index contributed by atoms with van der Waals surface area (Å²) in [6, 6.07) is 7.44. The van der Waals surface area contributed by atoms with Crippen molar-refractivity contribution < 1.29 is 14.9 Å². The Labute approximate surface area is 123 Å². The molecule has 1 aromatic rings. The summed E-state index contributed by atoms with van der Waals surface area (Å²) < 4.78 is 6.38. The normalized spacial score (nSPS) is 15.6. The van der Waals surface area contributed by atoms with E-state index < -0.39 is 18.1 Å². The van der Waals surface area contributed by atoms with Crippen LogP contribution in [0.15, 0.2) is 28.7 Å². The fraction of sp³-hybridized carbons (Fsp3) is 0.571. The number of halogens is 1. The number of likely N-dealkylation sites (N-methyl/N-ethyl adjacent to an activating group) is 1. The number of aliphatic hydroxyl groups excluding tert-OH is 2. The third-order valence-electron chi connectivity index (χ3n) is 2.55. The fourth-order valence-electron chi connectivity index (χ4n) is 1.56. The molecule has 0 aliphatic carbocycles. The molecule has 0 aliphatic rings.